The van der Waals surface area contributed by atoms with Crippen molar-refractivity contribution in [2.75, 3.05) is 24.8 Å². The van der Waals surface area contributed by atoms with Crippen LogP contribution in [0, 0.1) is 0 Å². The summed E-state index contributed by atoms with van der Waals surface area (Å²) >= 11 is 0. The van der Waals surface area contributed by atoms with Gasteiger partial charge in [-0.05, 0) is 31.5 Å². The zero-order valence-electron chi connectivity index (χ0n) is 14.7. The molecule has 1 atom stereocenters. The predicted molar refractivity (Wildman–Crippen MR) is 98.7 cm³/mol. The number of carbonyl (C=O) groups excluding carboxylic acids is 2. The Morgan fingerprint density at radius 2 is 2.23 bits per heavy atom. The number of nitrogens with one attached hydrogen (secondary N) is 2. The van der Waals surface area contributed by atoms with Gasteiger partial charge in [-0.1, -0.05) is 6.08 Å². The number of nitrogen functional groups attached to an aromatic ring is 1. The van der Waals surface area contributed by atoms with E-state index in [1.165, 1.54) is 7.11 Å². The van der Waals surface area contributed by atoms with Crippen LogP contribution >= 0.6 is 0 Å². The third-order valence-electron chi connectivity index (χ3n) is 3.67. The number of benzene rings is 1. The molecule has 2 rings (SSSR count). The van der Waals surface area contributed by atoms with Gasteiger partial charge in [0.25, 0.3) is 0 Å². The molecule has 0 fully saturated rings. The molecule has 0 saturated carbocycles. The van der Waals surface area contributed by atoms with E-state index in [2.05, 4.69) is 26.6 Å². The number of ether oxygens (including phenoxy) is 2. The molecule has 138 valence electrons. The maximum atomic E-state index is 12.1. The van der Waals surface area contributed by atoms with Crippen LogP contribution in [0.2, 0.25) is 0 Å². The molecule has 1 heterocycles. The molecule has 0 spiro atoms. The van der Waals surface area contributed by atoms with E-state index in [0.29, 0.717) is 41.5 Å². The average Bonchev–Trinajstić information content (AvgIpc) is 3.09. The number of anilines is 2. The quantitative estimate of drug-likeness (QED) is 0.397. The Balaban J connectivity index is 2.26. The van der Waals surface area contributed by atoms with Gasteiger partial charge in [-0.15, -0.1) is 6.58 Å². The third-order valence-corrected chi connectivity index (χ3v) is 3.67. The fourth-order valence-electron chi connectivity index (χ4n) is 2.43. The highest BCUT2D eigenvalue weighted by Gasteiger charge is 2.24. The fourth-order valence-corrected chi connectivity index (χ4v) is 2.43. The predicted octanol–water partition coefficient (Wildman–Crippen LogP) is 3.06. The number of methoxy groups -OCH3 is 1. The van der Waals surface area contributed by atoms with Crippen LogP contribution in [-0.4, -0.2) is 35.7 Å². The largest absolute Gasteiger partial charge is 0.465 e. The molecule has 0 aliphatic heterocycles. The summed E-state index contributed by atoms with van der Waals surface area (Å²) < 4.78 is 9.63. The summed E-state index contributed by atoms with van der Waals surface area (Å²) in [6.45, 7) is 5.72. The lowest BCUT2D eigenvalue weighted by Gasteiger charge is -2.11. The highest BCUT2D eigenvalue weighted by atomic mass is 16.5. The first-order valence-corrected chi connectivity index (χ1v) is 8.07. The summed E-state index contributed by atoms with van der Waals surface area (Å²) in [6, 6.07) is 5.04. The number of hydrogen-bond acceptors (Lipinski definition) is 6. The van der Waals surface area contributed by atoms with Gasteiger partial charge in [-0.3, -0.25) is 10.1 Å². The van der Waals surface area contributed by atoms with Gasteiger partial charge in [0.2, 0.25) is 0 Å². The second-order valence-electron chi connectivity index (χ2n) is 5.43. The Bertz CT molecular complexity index is 800. The van der Waals surface area contributed by atoms with Crippen molar-refractivity contribution in [2.45, 2.75) is 19.3 Å². The molecule has 4 N–H and O–H groups in total. The van der Waals surface area contributed by atoms with Crippen LogP contribution < -0.4 is 11.1 Å². The normalized spacial score (nSPS) is 11.5. The molecular weight excluding hydrogens is 336 g/mol. The van der Waals surface area contributed by atoms with Crippen LogP contribution in [0.25, 0.3) is 11.3 Å². The number of aromatic amines is 1. The number of H-pyrrole nitrogens is 1. The van der Waals surface area contributed by atoms with Gasteiger partial charge in [-0.2, -0.15) is 0 Å². The molecule has 8 nitrogen and oxygen atoms in total. The van der Waals surface area contributed by atoms with Crippen molar-refractivity contribution in [3.05, 3.63) is 42.9 Å². The van der Waals surface area contributed by atoms with Crippen LogP contribution in [0.3, 0.4) is 0 Å². The van der Waals surface area contributed by atoms with Crippen molar-refractivity contribution in [1.82, 2.24) is 9.97 Å². The second-order valence-corrected chi connectivity index (χ2v) is 5.43. The molecule has 1 amide bonds. The van der Waals surface area contributed by atoms with E-state index < -0.39 is 12.0 Å². The molecule has 1 unspecified atom stereocenters. The smallest absolute Gasteiger partial charge is 0.411 e. The number of esters is 1. The van der Waals surface area contributed by atoms with Crippen molar-refractivity contribution in [3.63, 3.8) is 0 Å². The summed E-state index contributed by atoms with van der Waals surface area (Å²) in [5, 5.41) is 2.54. The van der Waals surface area contributed by atoms with E-state index in [1.54, 1.807) is 37.4 Å². The van der Waals surface area contributed by atoms with Crippen LogP contribution in [0.15, 0.2) is 37.1 Å². The third kappa shape index (κ3) is 4.41. The second kappa shape index (κ2) is 8.70. The number of hydrogen-bond donors (Lipinski definition) is 3. The van der Waals surface area contributed by atoms with E-state index >= 15 is 0 Å². The van der Waals surface area contributed by atoms with Crippen LogP contribution in [0.4, 0.5) is 16.2 Å². The van der Waals surface area contributed by atoms with Crippen LogP contribution in [0.1, 0.15) is 25.1 Å². The number of carbonyl (C=O) groups is 2. The minimum absolute atomic E-state index is 0.293. The fraction of sp³-hybridized carbons (Fsp3) is 0.278. The van der Waals surface area contributed by atoms with Crippen molar-refractivity contribution in [3.8, 4) is 11.3 Å². The van der Waals surface area contributed by atoms with Crippen molar-refractivity contribution < 1.29 is 19.1 Å². The Labute approximate surface area is 151 Å². The Kier molecular flexibility index (Phi) is 6.37. The minimum atomic E-state index is -0.581. The molecule has 0 radical (unpaired) electrons. The molecule has 0 aliphatic rings. The lowest BCUT2D eigenvalue weighted by molar-refractivity contribution is -0.145. The molecule has 0 saturated heterocycles. The lowest BCUT2D eigenvalue weighted by atomic mass is 10.1. The molecule has 1 aromatic carbocycles. The summed E-state index contributed by atoms with van der Waals surface area (Å²) in [4.78, 5) is 30.8. The van der Waals surface area contributed by atoms with E-state index in [0.717, 1.165) is 0 Å². The number of aromatic nitrogens is 2. The maximum absolute atomic E-state index is 12.1. The number of rotatable bonds is 7. The zero-order valence-corrected chi connectivity index (χ0v) is 14.7. The average molecular weight is 358 g/mol. The maximum Gasteiger partial charge on any atom is 0.411 e. The van der Waals surface area contributed by atoms with Gasteiger partial charge in [0.15, 0.2) is 0 Å². The SMILES string of the molecule is C=CCC(C(=O)OCC)c1ncc(-c2ccc(NC(=O)OC)cc2N)[nH]1. The van der Waals surface area contributed by atoms with E-state index in [9.17, 15) is 9.59 Å². The number of imidazole rings is 1. The standard InChI is InChI=1S/C18H22N4O4/c1-4-6-13(17(23)26-5-2)16-20-10-15(22-16)12-8-7-11(9-14(12)19)21-18(24)25-3/h4,7-10,13H,1,5-6,19H2,2-3H3,(H,20,22)(H,21,24). The zero-order chi connectivity index (χ0) is 19.1. The Morgan fingerprint density at radius 1 is 1.46 bits per heavy atom. The van der Waals surface area contributed by atoms with Crippen LogP contribution in [-0.2, 0) is 14.3 Å². The van der Waals surface area contributed by atoms with Gasteiger partial charge in [0.1, 0.15) is 11.7 Å². The summed E-state index contributed by atoms with van der Waals surface area (Å²) in [5.41, 5.74) is 8.37. The molecule has 0 bridgehead atoms. The van der Waals surface area contributed by atoms with Crippen molar-refractivity contribution in [1.29, 1.82) is 0 Å². The highest BCUT2D eigenvalue weighted by Crippen LogP contribution is 2.29. The Hall–Kier alpha value is -3.29. The number of nitrogens with zero attached hydrogens (tertiary/aromatic N) is 1. The van der Waals surface area contributed by atoms with Gasteiger partial charge < -0.3 is 20.2 Å². The summed E-state index contributed by atoms with van der Waals surface area (Å²) in [6.07, 6.45) is 3.07. The number of allylic oxidation sites excluding steroid dienone is 1. The lowest BCUT2D eigenvalue weighted by Crippen LogP contribution is -2.16. The molecular formula is C18H22N4O4. The topological polar surface area (TPSA) is 119 Å². The number of nitrogens with two attached hydrogens (primary N) is 1. The first kappa shape index (κ1) is 19.0. The number of amides is 1. The van der Waals surface area contributed by atoms with Gasteiger partial charge in [-0.25, -0.2) is 9.78 Å². The van der Waals surface area contributed by atoms with Crippen LogP contribution in [0.5, 0.6) is 0 Å². The summed E-state index contributed by atoms with van der Waals surface area (Å²) in [5.74, 6) is -0.434. The van der Waals surface area contributed by atoms with E-state index in [-0.39, 0.29) is 5.97 Å². The van der Waals surface area contributed by atoms with E-state index in [1.807, 2.05) is 0 Å². The minimum Gasteiger partial charge on any atom is -0.465 e. The van der Waals surface area contributed by atoms with E-state index in [4.69, 9.17) is 10.5 Å². The first-order chi connectivity index (χ1) is 12.5. The van der Waals surface area contributed by atoms with Crippen molar-refractivity contribution in [2.24, 2.45) is 0 Å². The first-order valence-electron chi connectivity index (χ1n) is 8.07. The molecule has 8 heteroatoms. The van der Waals surface area contributed by atoms with Gasteiger partial charge >= 0.3 is 12.1 Å². The van der Waals surface area contributed by atoms with Crippen molar-refractivity contribution >= 4 is 23.4 Å². The van der Waals surface area contributed by atoms with Gasteiger partial charge in [0, 0.05) is 16.9 Å². The van der Waals surface area contributed by atoms with Gasteiger partial charge in [0.05, 0.1) is 25.6 Å². The molecule has 1 aromatic heterocycles. The molecule has 2 aromatic rings. The molecule has 0 aliphatic carbocycles. The monoisotopic (exact) mass is 358 g/mol. The highest BCUT2D eigenvalue weighted by molar-refractivity contribution is 5.87. The molecule has 26 heavy (non-hydrogen) atoms. The Morgan fingerprint density at radius 3 is 2.85 bits per heavy atom. The summed E-state index contributed by atoms with van der Waals surface area (Å²) in [7, 11) is 1.28.